The zero-order valence-electron chi connectivity index (χ0n) is 19.9. The predicted octanol–water partition coefficient (Wildman–Crippen LogP) is 2.54. The summed E-state index contributed by atoms with van der Waals surface area (Å²) in [7, 11) is -4.08. The Hall–Kier alpha value is -3.62. The lowest BCUT2D eigenvalue weighted by Gasteiger charge is -2.36. The molecule has 3 heterocycles. The van der Waals surface area contributed by atoms with Crippen LogP contribution in [0.15, 0.2) is 53.7 Å². The number of carboxylic acids is 1. The number of hydrogen-bond acceptors (Lipinski definition) is 5. The maximum absolute atomic E-state index is 13.6. The zero-order valence-corrected chi connectivity index (χ0v) is 20.7. The molecule has 0 aliphatic carbocycles. The number of aliphatic carboxylic acids is 1. The number of nitrogens with zero attached hydrogens (tertiary/aromatic N) is 3. The van der Waals surface area contributed by atoms with Crippen molar-refractivity contribution in [3.05, 3.63) is 54.5 Å². The van der Waals surface area contributed by atoms with Crippen LogP contribution in [0.1, 0.15) is 31.9 Å². The van der Waals surface area contributed by atoms with Crippen LogP contribution in [-0.4, -0.2) is 59.0 Å². The Kier molecular flexibility index (Phi) is 7.47. The Balaban J connectivity index is 1.60. The number of nitriles is 1. The van der Waals surface area contributed by atoms with Gasteiger partial charge in [-0.2, -0.15) is 9.98 Å². The standard InChI is InChI=1S/C25H29N5O5S/c1-17(25(32)33)18-5-3-13-30(16-18)24(31)22(10-14-29-12-4-6-19(29)15-26)28-36(34,35)23-8-2-7-21-20(23)9-11-27-21/h2,4,6-9,11-12,17-18,22,27-28H,3,5,10,13-14,16H2,1H3,(H,32,33). The van der Waals surface area contributed by atoms with Crippen molar-refractivity contribution in [3.63, 3.8) is 0 Å². The number of rotatable bonds is 9. The summed E-state index contributed by atoms with van der Waals surface area (Å²) in [6, 6.07) is 10.9. The fraction of sp³-hybridized carbons (Fsp3) is 0.400. The van der Waals surface area contributed by atoms with Crippen molar-refractivity contribution in [2.45, 2.75) is 43.7 Å². The van der Waals surface area contributed by atoms with Crippen molar-refractivity contribution in [2.24, 2.45) is 11.8 Å². The molecular formula is C25H29N5O5S. The second-order valence-corrected chi connectivity index (χ2v) is 10.9. The van der Waals surface area contributed by atoms with Crippen LogP contribution in [0.2, 0.25) is 0 Å². The van der Waals surface area contributed by atoms with Gasteiger partial charge in [-0.3, -0.25) is 9.59 Å². The molecule has 0 saturated carbocycles. The van der Waals surface area contributed by atoms with Gasteiger partial charge < -0.3 is 19.6 Å². The highest BCUT2D eigenvalue weighted by Gasteiger charge is 2.35. The van der Waals surface area contributed by atoms with Crippen molar-refractivity contribution in [1.82, 2.24) is 19.2 Å². The van der Waals surface area contributed by atoms with Gasteiger partial charge in [0.15, 0.2) is 0 Å². The minimum absolute atomic E-state index is 0.0637. The summed E-state index contributed by atoms with van der Waals surface area (Å²) in [5, 5.41) is 19.3. The molecule has 3 unspecified atom stereocenters. The van der Waals surface area contributed by atoms with Crippen LogP contribution >= 0.6 is 0 Å². The molecule has 0 bridgehead atoms. The van der Waals surface area contributed by atoms with Crippen molar-refractivity contribution in [2.75, 3.05) is 13.1 Å². The molecular weight excluding hydrogens is 482 g/mol. The number of amides is 1. The average molecular weight is 512 g/mol. The summed E-state index contributed by atoms with van der Waals surface area (Å²) in [6.45, 7) is 2.57. The smallest absolute Gasteiger partial charge is 0.306 e. The maximum atomic E-state index is 13.6. The largest absolute Gasteiger partial charge is 0.481 e. The van der Waals surface area contributed by atoms with Gasteiger partial charge in [0.25, 0.3) is 0 Å². The second kappa shape index (κ2) is 10.6. The molecule has 1 aliphatic rings. The summed E-state index contributed by atoms with van der Waals surface area (Å²) in [5.41, 5.74) is 1.07. The van der Waals surface area contributed by atoms with E-state index in [1.165, 1.54) is 6.07 Å². The topological polar surface area (TPSA) is 148 Å². The molecule has 0 spiro atoms. The van der Waals surface area contributed by atoms with Gasteiger partial charge >= 0.3 is 5.97 Å². The number of sulfonamides is 1. The molecule has 1 aliphatic heterocycles. The highest BCUT2D eigenvalue weighted by molar-refractivity contribution is 7.89. The summed E-state index contributed by atoms with van der Waals surface area (Å²) >= 11 is 0. The van der Waals surface area contributed by atoms with Crippen LogP contribution in [0.4, 0.5) is 0 Å². The van der Waals surface area contributed by atoms with Gasteiger partial charge in [0.2, 0.25) is 15.9 Å². The van der Waals surface area contributed by atoms with Crippen LogP contribution in [0.3, 0.4) is 0 Å². The lowest BCUT2D eigenvalue weighted by atomic mass is 9.86. The molecule has 4 rings (SSSR count). The van der Waals surface area contributed by atoms with Gasteiger partial charge in [-0.05, 0) is 55.5 Å². The molecule has 1 fully saturated rings. The number of likely N-dealkylation sites (tertiary alicyclic amines) is 1. The number of aromatic nitrogens is 2. The Morgan fingerprint density at radius 1 is 1.28 bits per heavy atom. The van der Waals surface area contributed by atoms with Crippen molar-refractivity contribution in [3.8, 4) is 6.07 Å². The number of carbonyl (C=O) groups is 2. The van der Waals surface area contributed by atoms with Gasteiger partial charge in [0, 0.05) is 42.9 Å². The normalized spacial score (nSPS) is 18.0. The van der Waals surface area contributed by atoms with Gasteiger partial charge in [-0.25, -0.2) is 8.42 Å². The fourth-order valence-corrected chi connectivity index (χ4v) is 6.24. The highest BCUT2D eigenvalue weighted by atomic mass is 32.2. The number of nitrogens with one attached hydrogen (secondary N) is 2. The molecule has 1 amide bonds. The Morgan fingerprint density at radius 2 is 2.08 bits per heavy atom. The van der Waals surface area contributed by atoms with E-state index in [9.17, 15) is 28.4 Å². The molecule has 3 atom stereocenters. The van der Waals surface area contributed by atoms with Gasteiger partial charge in [0.1, 0.15) is 17.8 Å². The number of carboxylic acid groups (broad SMARTS) is 1. The summed E-state index contributed by atoms with van der Waals surface area (Å²) in [6.07, 6.45) is 4.82. The summed E-state index contributed by atoms with van der Waals surface area (Å²) in [5.74, 6) is -2.13. The Labute approximate surface area is 209 Å². The molecule has 11 heteroatoms. The number of piperidine rings is 1. The number of hydrogen-bond donors (Lipinski definition) is 3. The molecule has 3 aromatic rings. The molecule has 1 aromatic carbocycles. The molecule has 10 nitrogen and oxygen atoms in total. The van der Waals surface area contributed by atoms with E-state index in [-0.39, 0.29) is 30.3 Å². The molecule has 2 aromatic heterocycles. The maximum Gasteiger partial charge on any atom is 0.306 e. The third kappa shape index (κ3) is 5.29. The Morgan fingerprint density at radius 3 is 2.83 bits per heavy atom. The lowest BCUT2D eigenvalue weighted by Crippen LogP contribution is -2.52. The predicted molar refractivity (Wildman–Crippen MR) is 132 cm³/mol. The van der Waals surface area contributed by atoms with Gasteiger partial charge in [0.05, 0.1) is 10.8 Å². The molecule has 0 radical (unpaired) electrons. The third-order valence-corrected chi connectivity index (χ3v) is 8.44. The first-order valence-electron chi connectivity index (χ1n) is 11.9. The first-order chi connectivity index (χ1) is 17.2. The van der Waals surface area contributed by atoms with Crippen LogP contribution in [0.5, 0.6) is 0 Å². The summed E-state index contributed by atoms with van der Waals surface area (Å²) in [4.78, 5) is 29.8. The molecule has 36 heavy (non-hydrogen) atoms. The highest BCUT2D eigenvalue weighted by Crippen LogP contribution is 2.26. The SMILES string of the molecule is CC(C(=O)O)C1CCCN(C(=O)C(CCn2cccc2C#N)NS(=O)(=O)c2cccc3[nH]ccc23)C1. The van der Waals surface area contributed by atoms with E-state index in [1.807, 2.05) is 0 Å². The number of aryl methyl sites for hydroxylation is 1. The molecule has 190 valence electrons. The minimum Gasteiger partial charge on any atom is -0.481 e. The van der Waals surface area contributed by atoms with E-state index in [2.05, 4.69) is 15.8 Å². The zero-order chi connectivity index (χ0) is 25.9. The van der Waals surface area contributed by atoms with Crippen LogP contribution in [0, 0.1) is 23.2 Å². The number of carbonyl (C=O) groups excluding carboxylic acids is 1. The van der Waals surface area contributed by atoms with Gasteiger partial charge in [-0.15, -0.1) is 0 Å². The number of fused-ring (bicyclic) bond motifs is 1. The van der Waals surface area contributed by atoms with E-state index in [4.69, 9.17) is 0 Å². The minimum atomic E-state index is -4.08. The third-order valence-electron chi connectivity index (χ3n) is 6.91. The summed E-state index contributed by atoms with van der Waals surface area (Å²) < 4.78 is 31.2. The monoisotopic (exact) mass is 511 g/mol. The Bertz CT molecular complexity index is 1400. The quantitative estimate of drug-likeness (QED) is 0.402. The van der Waals surface area contributed by atoms with E-state index in [1.54, 1.807) is 59.1 Å². The fourth-order valence-electron chi connectivity index (χ4n) is 4.79. The van der Waals surface area contributed by atoms with E-state index >= 15 is 0 Å². The average Bonchev–Trinajstić information content (AvgIpc) is 3.54. The van der Waals surface area contributed by atoms with Crippen molar-refractivity contribution in [1.29, 1.82) is 5.26 Å². The number of benzene rings is 1. The van der Waals surface area contributed by atoms with Crippen LogP contribution in [-0.2, 0) is 26.2 Å². The van der Waals surface area contributed by atoms with Crippen molar-refractivity contribution >= 4 is 32.8 Å². The van der Waals surface area contributed by atoms with Crippen LogP contribution in [0.25, 0.3) is 10.9 Å². The van der Waals surface area contributed by atoms with E-state index in [0.717, 1.165) is 0 Å². The van der Waals surface area contributed by atoms with Gasteiger partial charge in [-0.1, -0.05) is 13.0 Å². The lowest BCUT2D eigenvalue weighted by molar-refractivity contribution is -0.146. The van der Waals surface area contributed by atoms with Crippen LogP contribution < -0.4 is 4.72 Å². The first-order valence-corrected chi connectivity index (χ1v) is 13.3. The van der Waals surface area contributed by atoms with E-state index < -0.39 is 33.9 Å². The number of H-pyrrole nitrogens is 1. The van der Waals surface area contributed by atoms with Crippen molar-refractivity contribution < 1.29 is 23.1 Å². The first kappa shape index (κ1) is 25.5. The van der Waals surface area contributed by atoms with E-state index in [0.29, 0.717) is 36.0 Å². The second-order valence-electron chi connectivity index (χ2n) is 9.17. The molecule has 3 N–H and O–H groups in total. The number of aromatic amines is 1. The molecule has 1 saturated heterocycles.